The molecule has 2 atom stereocenters. The van der Waals surface area contributed by atoms with E-state index in [0.29, 0.717) is 12.4 Å². The van der Waals surface area contributed by atoms with E-state index in [0.717, 1.165) is 11.1 Å². The van der Waals surface area contributed by atoms with Crippen molar-refractivity contribution in [1.82, 2.24) is 19.8 Å². The number of ether oxygens (including phenoxy) is 2. The molecule has 4 N–H and O–H groups in total. The number of likely N-dealkylation sites (N-methyl/N-ethyl adjacent to an activating group) is 1. The molecule has 0 saturated heterocycles. The maximum Gasteiger partial charge on any atom is 0.250 e. The first-order chi connectivity index (χ1) is 19.0. The third-order valence-corrected chi connectivity index (χ3v) is 5.94. The predicted molar refractivity (Wildman–Crippen MR) is 152 cm³/mol. The van der Waals surface area contributed by atoms with Gasteiger partial charge in [-0.1, -0.05) is 42.5 Å². The highest BCUT2D eigenvalue weighted by atomic mass is 16.5. The normalized spacial score (nSPS) is 12.8. The molecule has 0 spiro atoms. The molecule has 3 amide bonds. The van der Waals surface area contributed by atoms with E-state index in [1.807, 2.05) is 49.4 Å². The van der Waals surface area contributed by atoms with Crippen LogP contribution in [0.2, 0.25) is 0 Å². The van der Waals surface area contributed by atoms with Crippen molar-refractivity contribution < 1.29 is 23.9 Å². The predicted octanol–water partition coefficient (Wildman–Crippen LogP) is 2.34. The summed E-state index contributed by atoms with van der Waals surface area (Å²) in [6.45, 7) is 5.70. The van der Waals surface area contributed by atoms with Gasteiger partial charge >= 0.3 is 0 Å². The molecule has 1 aromatic heterocycles. The maximum absolute atomic E-state index is 13.2. The van der Waals surface area contributed by atoms with Crippen LogP contribution < -0.4 is 21.1 Å². The van der Waals surface area contributed by atoms with Crippen molar-refractivity contribution in [1.29, 1.82) is 0 Å². The Morgan fingerprint density at radius 3 is 2.35 bits per heavy atom. The van der Waals surface area contributed by atoms with Crippen molar-refractivity contribution in [3.05, 3.63) is 78.2 Å². The number of hydrogen-bond donors (Lipinski definition) is 3. The van der Waals surface area contributed by atoms with Crippen molar-refractivity contribution in [2.45, 2.75) is 45.0 Å². The number of carbonyl (C=O) groups excluding carboxylic acids is 3. The second-order valence-electron chi connectivity index (χ2n) is 10.1. The molecule has 3 aromatic rings. The highest BCUT2D eigenvalue weighted by Gasteiger charge is 2.29. The molecule has 3 rings (SSSR count). The van der Waals surface area contributed by atoms with Crippen LogP contribution in [0.1, 0.15) is 37.9 Å². The molecule has 0 saturated carbocycles. The fourth-order valence-corrected chi connectivity index (χ4v) is 3.75. The van der Waals surface area contributed by atoms with Crippen LogP contribution in [0.5, 0.6) is 5.75 Å². The second-order valence-corrected chi connectivity index (χ2v) is 10.1. The van der Waals surface area contributed by atoms with Crippen molar-refractivity contribution >= 4 is 23.5 Å². The van der Waals surface area contributed by atoms with Gasteiger partial charge in [-0.05, 0) is 44.0 Å². The van der Waals surface area contributed by atoms with E-state index in [1.54, 1.807) is 50.8 Å². The number of amides is 3. The van der Waals surface area contributed by atoms with Gasteiger partial charge in [0.05, 0.1) is 31.7 Å². The van der Waals surface area contributed by atoms with Gasteiger partial charge in [-0.2, -0.15) is 0 Å². The number of anilines is 1. The van der Waals surface area contributed by atoms with Crippen LogP contribution in [0.15, 0.2) is 67.1 Å². The molecule has 214 valence electrons. The minimum Gasteiger partial charge on any atom is -0.494 e. The fraction of sp³-hybridized carbons (Fsp3) is 0.379. The van der Waals surface area contributed by atoms with E-state index < -0.39 is 29.4 Å². The summed E-state index contributed by atoms with van der Waals surface area (Å²) in [5.41, 5.74) is 6.38. The van der Waals surface area contributed by atoms with Crippen LogP contribution in [0.3, 0.4) is 0 Å². The zero-order valence-electron chi connectivity index (χ0n) is 23.6. The van der Waals surface area contributed by atoms with Gasteiger partial charge in [0.2, 0.25) is 11.8 Å². The smallest absolute Gasteiger partial charge is 0.250 e. The van der Waals surface area contributed by atoms with E-state index in [9.17, 15) is 14.4 Å². The summed E-state index contributed by atoms with van der Waals surface area (Å²) in [4.78, 5) is 44.7. The van der Waals surface area contributed by atoms with E-state index in [4.69, 9.17) is 15.2 Å². The van der Waals surface area contributed by atoms with Crippen LogP contribution in [-0.2, 0) is 25.7 Å². The molecule has 0 fully saturated rings. The molecule has 1 heterocycles. The number of benzene rings is 2. The number of aromatic nitrogens is 2. The molecule has 11 heteroatoms. The Labute approximate surface area is 234 Å². The van der Waals surface area contributed by atoms with E-state index in [-0.39, 0.29) is 24.9 Å². The summed E-state index contributed by atoms with van der Waals surface area (Å²) in [6, 6.07) is 15.0. The Bertz CT molecular complexity index is 1270. The van der Waals surface area contributed by atoms with Gasteiger partial charge in [0.25, 0.3) is 5.91 Å². The Morgan fingerprint density at radius 2 is 1.75 bits per heavy atom. The molecular formula is C29H38N6O5. The fourth-order valence-electron chi connectivity index (χ4n) is 3.75. The Hall–Kier alpha value is -4.22. The lowest BCUT2D eigenvalue weighted by molar-refractivity contribution is -0.131. The third-order valence-electron chi connectivity index (χ3n) is 5.94. The average molecular weight is 551 g/mol. The lowest BCUT2D eigenvalue weighted by Gasteiger charge is -2.23. The first kappa shape index (κ1) is 30.3. The molecular weight excluding hydrogens is 512 g/mol. The standard InChI is InChI=1S/C29H38N6O5/c1-6-40-22-14-12-21(13-15-22)25(27(37)34(4)5)35-16-24(31-19-35)33-26(36)23(32-28(38)29(2,3)30)18-39-17-20-10-8-7-9-11-20/h7-16,19,23,25H,6,17-18,30H2,1-5H3,(H,32,38)(H,33,36). The van der Waals surface area contributed by atoms with Gasteiger partial charge in [0.15, 0.2) is 5.82 Å². The lowest BCUT2D eigenvalue weighted by Crippen LogP contribution is -2.56. The molecule has 0 aliphatic rings. The zero-order chi connectivity index (χ0) is 29.3. The first-order valence-corrected chi connectivity index (χ1v) is 13.0. The summed E-state index contributed by atoms with van der Waals surface area (Å²) in [5, 5.41) is 5.38. The Morgan fingerprint density at radius 1 is 1.07 bits per heavy atom. The molecule has 0 bridgehead atoms. The number of nitrogens with one attached hydrogen (secondary N) is 2. The number of nitrogens with two attached hydrogens (primary N) is 1. The van der Waals surface area contributed by atoms with Gasteiger partial charge in [0.1, 0.15) is 17.8 Å². The SMILES string of the molecule is CCOc1ccc(C(C(=O)N(C)C)n2cnc(NC(=O)C(COCc3ccccc3)NC(=O)C(C)(C)N)c2)cc1. The molecule has 2 unspecified atom stereocenters. The molecule has 0 aliphatic heterocycles. The topological polar surface area (TPSA) is 141 Å². The molecule has 0 aliphatic carbocycles. The Kier molecular flexibility index (Phi) is 10.4. The number of nitrogens with zero attached hydrogens (tertiary/aromatic N) is 3. The van der Waals surface area contributed by atoms with E-state index in [1.165, 1.54) is 11.2 Å². The second kappa shape index (κ2) is 13.7. The van der Waals surface area contributed by atoms with Crippen molar-refractivity contribution in [2.24, 2.45) is 5.73 Å². The minimum atomic E-state index is -1.20. The van der Waals surface area contributed by atoms with Crippen LogP contribution in [-0.4, -0.2) is 71.1 Å². The summed E-state index contributed by atoms with van der Waals surface area (Å²) in [6.07, 6.45) is 3.04. The van der Waals surface area contributed by atoms with Gasteiger partial charge in [0, 0.05) is 20.3 Å². The summed E-state index contributed by atoms with van der Waals surface area (Å²) in [5.74, 6) is -0.309. The van der Waals surface area contributed by atoms with Gasteiger partial charge in [-0.3, -0.25) is 14.4 Å². The van der Waals surface area contributed by atoms with Gasteiger partial charge in [-0.15, -0.1) is 0 Å². The van der Waals surface area contributed by atoms with Crippen molar-refractivity contribution in [3.8, 4) is 5.75 Å². The summed E-state index contributed by atoms with van der Waals surface area (Å²) >= 11 is 0. The molecule has 0 radical (unpaired) electrons. The van der Waals surface area contributed by atoms with Crippen molar-refractivity contribution in [3.63, 3.8) is 0 Å². The quantitative estimate of drug-likeness (QED) is 0.297. The maximum atomic E-state index is 13.2. The molecule has 11 nitrogen and oxygen atoms in total. The molecule has 2 aromatic carbocycles. The Balaban J connectivity index is 1.77. The van der Waals surface area contributed by atoms with Crippen LogP contribution >= 0.6 is 0 Å². The van der Waals surface area contributed by atoms with Crippen LogP contribution in [0, 0.1) is 0 Å². The third kappa shape index (κ3) is 8.39. The van der Waals surface area contributed by atoms with Crippen LogP contribution in [0.4, 0.5) is 5.82 Å². The lowest BCUT2D eigenvalue weighted by atomic mass is 10.1. The van der Waals surface area contributed by atoms with E-state index in [2.05, 4.69) is 15.6 Å². The monoisotopic (exact) mass is 550 g/mol. The number of imidazole rings is 1. The van der Waals surface area contributed by atoms with Gasteiger partial charge in [-0.25, -0.2) is 4.98 Å². The van der Waals surface area contributed by atoms with Gasteiger partial charge < -0.3 is 35.3 Å². The highest BCUT2D eigenvalue weighted by molar-refractivity contribution is 5.98. The zero-order valence-corrected chi connectivity index (χ0v) is 23.6. The van der Waals surface area contributed by atoms with Crippen LogP contribution in [0.25, 0.3) is 0 Å². The number of rotatable bonds is 13. The largest absolute Gasteiger partial charge is 0.494 e. The summed E-state index contributed by atoms with van der Waals surface area (Å²) in [7, 11) is 3.34. The number of hydrogen-bond acceptors (Lipinski definition) is 7. The first-order valence-electron chi connectivity index (χ1n) is 13.0. The molecule has 40 heavy (non-hydrogen) atoms. The number of carbonyl (C=O) groups is 3. The highest BCUT2D eigenvalue weighted by Crippen LogP contribution is 2.24. The minimum absolute atomic E-state index is 0.0861. The van der Waals surface area contributed by atoms with Crippen molar-refractivity contribution in [2.75, 3.05) is 32.6 Å². The average Bonchev–Trinajstić information content (AvgIpc) is 3.36. The van der Waals surface area contributed by atoms with E-state index >= 15 is 0 Å². The summed E-state index contributed by atoms with van der Waals surface area (Å²) < 4.78 is 12.9.